The van der Waals surface area contributed by atoms with E-state index in [9.17, 15) is 0 Å². The Bertz CT molecular complexity index is 2950. The summed E-state index contributed by atoms with van der Waals surface area (Å²) in [6.07, 6.45) is 0. The van der Waals surface area contributed by atoms with Crippen molar-refractivity contribution >= 4 is 39.0 Å². The third kappa shape index (κ3) is 5.26. The molecule has 9 aromatic carbocycles. The molecule has 57 heavy (non-hydrogen) atoms. The van der Waals surface area contributed by atoms with Gasteiger partial charge in [0.15, 0.2) is 0 Å². The van der Waals surface area contributed by atoms with Crippen molar-refractivity contribution in [3.8, 4) is 33.4 Å². The van der Waals surface area contributed by atoms with Gasteiger partial charge in [0.05, 0.1) is 5.41 Å². The zero-order chi connectivity index (χ0) is 37.8. The van der Waals surface area contributed by atoms with Crippen LogP contribution in [0.4, 0.5) is 17.1 Å². The maximum atomic E-state index is 7.19. The van der Waals surface area contributed by atoms with Crippen molar-refractivity contribution < 1.29 is 4.42 Å². The molecule has 0 unspecified atom stereocenters. The zero-order valence-electron chi connectivity index (χ0n) is 31.2. The second kappa shape index (κ2) is 13.4. The second-order valence-corrected chi connectivity index (χ2v) is 14.8. The first-order valence-electron chi connectivity index (χ1n) is 19.6. The maximum Gasteiger partial charge on any atom is 0.140 e. The van der Waals surface area contributed by atoms with Gasteiger partial charge in [-0.25, -0.2) is 0 Å². The van der Waals surface area contributed by atoms with Crippen LogP contribution in [-0.4, -0.2) is 0 Å². The van der Waals surface area contributed by atoms with E-state index in [4.69, 9.17) is 4.42 Å². The highest BCUT2D eigenvalue weighted by Crippen LogP contribution is 2.57. The lowest BCUT2D eigenvalue weighted by Gasteiger charge is -2.33. The van der Waals surface area contributed by atoms with Gasteiger partial charge in [0.1, 0.15) is 11.2 Å². The van der Waals surface area contributed by atoms with Crippen molar-refractivity contribution in [1.82, 2.24) is 0 Å². The minimum Gasteiger partial charge on any atom is -0.456 e. The molecule has 0 atom stereocenters. The van der Waals surface area contributed by atoms with Gasteiger partial charge in [0, 0.05) is 39.5 Å². The third-order valence-corrected chi connectivity index (χ3v) is 11.7. The van der Waals surface area contributed by atoms with E-state index in [0.717, 1.165) is 55.7 Å². The Hall–Kier alpha value is -7.42. The number of fused-ring (bicyclic) bond motifs is 6. The largest absolute Gasteiger partial charge is 0.456 e. The fourth-order valence-electron chi connectivity index (χ4n) is 9.26. The van der Waals surface area contributed by atoms with E-state index in [2.05, 4.69) is 229 Å². The van der Waals surface area contributed by atoms with Crippen LogP contribution in [0.3, 0.4) is 0 Å². The Balaban J connectivity index is 1.14. The van der Waals surface area contributed by atoms with Gasteiger partial charge in [0.2, 0.25) is 0 Å². The Kier molecular flexibility index (Phi) is 7.75. The van der Waals surface area contributed by atoms with Crippen molar-refractivity contribution in [3.05, 3.63) is 247 Å². The van der Waals surface area contributed by atoms with Crippen LogP contribution in [0.1, 0.15) is 22.3 Å². The fourth-order valence-corrected chi connectivity index (χ4v) is 9.26. The number of anilines is 3. The van der Waals surface area contributed by atoms with E-state index in [1.807, 2.05) is 0 Å². The van der Waals surface area contributed by atoms with Crippen molar-refractivity contribution in [2.75, 3.05) is 4.90 Å². The van der Waals surface area contributed by atoms with E-state index < -0.39 is 5.41 Å². The van der Waals surface area contributed by atoms with E-state index in [-0.39, 0.29) is 0 Å². The molecule has 0 fully saturated rings. The number of furan rings is 1. The van der Waals surface area contributed by atoms with E-state index in [0.29, 0.717) is 0 Å². The summed E-state index contributed by atoms with van der Waals surface area (Å²) in [4.78, 5) is 2.35. The van der Waals surface area contributed by atoms with Crippen molar-refractivity contribution in [2.45, 2.75) is 5.41 Å². The average molecular weight is 728 g/mol. The summed E-state index contributed by atoms with van der Waals surface area (Å²) >= 11 is 0. The Labute approximate surface area is 332 Å². The summed E-state index contributed by atoms with van der Waals surface area (Å²) in [6, 6.07) is 80.9. The molecule has 0 saturated carbocycles. The van der Waals surface area contributed by atoms with Crippen LogP contribution < -0.4 is 4.90 Å². The lowest BCUT2D eigenvalue weighted by molar-refractivity contribution is 0.648. The zero-order valence-corrected chi connectivity index (χ0v) is 31.2. The summed E-state index contributed by atoms with van der Waals surface area (Å²) in [6.45, 7) is 0. The molecule has 0 N–H and O–H groups in total. The highest BCUT2D eigenvalue weighted by molar-refractivity contribution is 6.08. The summed E-state index contributed by atoms with van der Waals surface area (Å²) in [5.74, 6) is 0. The lowest BCUT2D eigenvalue weighted by Crippen LogP contribution is -2.28. The quantitative estimate of drug-likeness (QED) is 0.163. The second-order valence-electron chi connectivity index (χ2n) is 14.8. The van der Waals surface area contributed by atoms with Gasteiger partial charge >= 0.3 is 0 Å². The van der Waals surface area contributed by atoms with Crippen molar-refractivity contribution in [1.29, 1.82) is 0 Å². The number of nitrogens with zero attached hydrogens (tertiary/aromatic N) is 1. The number of para-hydroxylation sites is 2. The summed E-state index contributed by atoms with van der Waals surface area (Å²) in [7, 11) is 0. The Morgan fingerprint density at radius 2 is 0.860 bits per heavy atom. The maximum absolute atomic E-state index is 7.19. The minimum atomic E-state index is -0.563. The molecule has 0 saturated heterocycles. The molecule has 2 heteroatoms. The third-order valence-electron chi connectivity index (χ3n) is 11.7. The molecule has 0 bridgehead atoms. The van der Waals surface area contributed by atoms with Gasteiger partial charge in [-0.15, -0.1) is 0 Å². The highest BCUT2D eigenvalue weighted by Gasteiger charge is 2.47. The molecule has 1 aliphatic rings. The van der Waals surface area contributed by atoms with Crippen molar-refractivity contribution in [3.63, 3.8) is 0 Å². The molecule has 0 spiro atoms. The van der Waals surface area contributed by atoms with Crippen LogP contribution in [0.15, 0.2) is 229 Å². The van der Waals surface area contributed by atoms with Gasteiger partial charge in [-0.3, -0.25) is 0 Å². The minimum absolute atomic E-state index is 0.563. The first kappa shape index (κ1) is 33.0. The Morgan fingerprint density at radius 3 is 1.47 bits per heavy atom. The van der Waals surface area contributed by atoms with Crippen molar-refractivity contribution in [2.24, 2.45) is 0 Å². The molecule has 11 rings (SSSR count). The standard InChI is InChI=1S/C55H37NO/c1-5-18-38(19-6-1)40-34-41(39-20-7-2-8-21-39)36-45(35-40)56(43-24-11-4-12-25-43)44-32-33-48-49-28-17-31-52(54(49)57-53(48)37-44)55(42-22-9-3-10-23-42)50-29-15-13-26-46(50)47-27-14-16-30-51(47)55/h1-37H. The van der Waals surface area contributed by atoms with Gasteiger partial charge < -0.3 is 9.32 Å². The van der Waals surface area contributed by atoms with Gasteiger partial charge in [-0.05, 0) is 92.5 Å². The SMILES string of the molecule is c1ccc(-c2cc(-c3ccccc3)cc(N(c3ccccc3)c3ccc4c(c3)oc3c(C5(c6ccccc6)c6ccccc6-c6ccccc65)cccc34)c2)cc1. The molecule has 1 heterocycles. The molecule has 0 radical (unpaired) electrons. The molecule has 1 aliphatic carbocycles. The number of hydrogen-bond acceptors (Lipinski definition) is 2. The fraction of sp³-hybridized carbons (Fsp3) is 0.0182. The van der Waals surface area contributed by atoms with Gasteiger partial charge in [0.25, 0.3) is 0 Å². The predicted molar refractivity (Wildman–Crippen MR) is 237 cm³/mol. The first-order chi connectivity index (χ1) is 28.3. The van der Waals surface area contributed by atoms with E-state index in [1.54, 1.807) is 0 Å². The van der Waals surface area contributed by atoms with E-state index >= 15 is 0 Å². The molecular weight excluding hydrogens is 691 g/mol. The summed E-state index contributed by atoms with van der Waals surface area (Å²) < 4.78 is 7.19. The molecule has 2 nitrogen and oxygen atoms in total. The molecule has 268 valence electrons. The molecular formula is C55H37NO. The highest BCUT2D eigenvalue weighted by atomic mass is 16.3. The van der Waals surface area contributed by atoms with E-state index in [1.165, 1.54) is 38.9 Å². The topological polar surface area (TPSA) is 16.4 Å². The molecule has 0 amide bonds. The van der Waals surface area contributed by atoms with Gasteiger partial charge in [-0.1, -0.05) is 176 Å². The molecule has 10 aromatic rings. The van der Waals surface area contributed by atoms with Crippen LogP contribution in [-0.2, 0) is 5.41 Å². The predicted octanol–water partition coefficient (Wildman–Crippen LogP) is 14.8. The number of benzene rings is 9. The average Bonchev–Trinajstić information content (AvgIpc) is 3.81. The Morgan fingerprint density at radius 1 is 0.333 bits per heavy atom. The lowest BCUT2D eigenvalue weighted by atomic mass is 9.67. The van der Waals surface area contributed by atoms with Crippen LogP contribution in [0, 0.1) is 0 Å². The normalized spacial score (nSPS) is 12.7. The van der Waals surface area contributed by atoms with Crippen LogP contribution >= 0.6 is 0 Å². The van der Waals surface area contributed by atoms with Crippen LogP contribution in [0.5, 0.6) is 0 Å². The smallest absolute Gasteiger partial charge is 0.140 e. The summed E-state index contributed by atoms with van der Waals surface area (Å²) in [5.41, 5.74) is 16.4. The summed E-state index contributed by atoms with van der Waals surface area (Å²) in [5, 5.41) is 2.20. The molecule has 0 aliphatic heterocycles. The number of rotatable bonds is 7. The number of hydrogen-bond donors (Lipinski definition) is 0. The van der Waals surface area contributed by atoms with Gasteiger partial charge in [-0.2, -0.15) is 0 Å². The van der Waals surface area contributed by atoms with Crippen LogP contribution in [0.2, 0.25) is 0 Å². The van der Waals surface area contributed by atoms with Crippen LogP contribution in [0.25, 0.3) is 55.3 Å². The first-order valence-corrected chi connectivity index (χ1v) is 19.6. The monoisotopic (exact) mass is 727 g/mol. The molecule has 1 aromatic heterocycles.